The van der Waals surface area contributed by atoms with Gasteiger partial charge in [0.05, 0.1) is 12.7 Å². The third kappa shape index (κ3) is 2.72. The van der Waals surface area contributed by atoms with E-state index in [1.165, 1.54) is 12.3 Å². The largest absolute Gasteiger partial charge is 0.485 e. The van der Waals surface area contributed by atoms with Crippen LogP contribution in [0.4, 0.5) is 0 Å². The van der Waals surface area contributed by atoms with Crippen molar-refractivity contribution in [3.63, 3.8) is 0 Å². The Balaban J connectivity index is 2.06. The Morgan fingerprint density at radius 3 is 2.80 bits per heavy atom. The van der Waals surface area contributed by atoms with Crippen molar-refractivity contribution in [3.05, 3.63) is 48.2 Å². The van der Waals surface area contributed by atoms with Gasteiger partial charge in [-0.05, 0) is 12.1 Å². The molecule has 0 spiro atoms. The van der Waals surface area contributed by atoms with E-state index in [1.807, 2.05) is 30.3 Å². The van der Waals surface area contributed by atoms with Crippen LogP contribution < -0.4 is 0 Å². The zero-order valence-electron chi connectivity index (χ0n) is 8.14. The van der Waals surface area contributed by atoms with Gasteiger partial charge in [0.2, 0.25) is 0 Å². The van der Waals surface area contributed by atoms with Gasteiger partial charge in [0, 0.05) is 11.6 Å². The first kappa shape index (κ1) is 9.54. The van der Waals surface area contributed by atoms with Crippen molar-refractivity contribution >= 4 is 5.78 Å². The van der Waals surface area contributed by atoms with Crippen LogP contribution in [-0.2, 0) is 9.53 Å². The molecule has 0 aromatic heterocycles. The van der Waals surface area contributed by atoms with Crippen LogP contribution >= 0.6 is 0 Å². The highest BCUT2D eigenvalue weighted by atomic mass is 16.5. The molecule has 1 aromatic rings. The lowest BCUT2D eigenvalue weighted by atomic mass is 10.1. The van der Waals surface area contributed by atoms with Crippen LogP contribution in [0.3, 0.4) is 0 Å². The third-order valence-electron chi connectivity index (χ3n) is 2.03. The third-order valence-corrected chi connectivity index (χ3v) is 2.03. The van der Waals surface area contributed by atoms with Crippen molar-refractivity contribution < 1.29 is 9.53 Å². The summed E-state index contributed by atoms with van der Waals surface area (Å²) in [5, 5.41) is 0. The van der Waals surface area contributed by atoms with Gasteiger partial charge in [0.15, 0.2) is 11.9 Å². The van der Waals surface area contributed by atoms with Crippen molar-refractivity contribution in [2.75, 3.05) is 0 Å². The zero-order valence-corrected chi connectivity index (χ0v) is 8.14. The number of allylic oxidation sites excluding steroid dienone is 1. The number of hydrogen-bond donors (Lipinski definition) is 0. The first-order chi connectivity index (χ1) is 7.34. The molecule has 1 heterocycles. The van der Waals surface area contributed by atoms with Crippen LogP contribution in [-0.4, -0.2) is 11.9 Å². The van der Waals surface area contributed by atoms with Crippen molar-refractivity contribution in [2.45, 2.75) is 12.5 Å². The molecule has 1 aliphatic rings. The fourth-order valence-electron chi connectivity index (χ4n) is 1.28. The summed E-state index contributed by atoms with van der Waals surface area (Å²) in [7, 11) is 0. The number of benzene rings is 1. The van der Waals surface area contributed by atoms with Gasteiger partial charge in [0.1, 0.15) is 0 Å². The van der Waals surface area contributed by atoms with Crippen molar-refractivity contribution in [2.24, 2.45) is 0 Å². The van der Waals surface area contributed by atoms with Gasteiger partial charge in [-0.2, -0.15) is 0 Å². The average molecular weight is 198 g/mol. The lowest BCUT2D eigenvalue weighted by Crippen LogP contribution is -2.16. The molecule has 15 heavy (non-hydrogen) atoms. The molecule has 0 aliphatic carbocycles. The van der Waals surface area contributed by atoms with Crippen LogP contribution in [0.5, 0.6) is 0 Å². The maximum absolute atomic E-state index is 11.1. The van der Waals surface area contributed by atoms with E-state index in [2.05, 4.69) is 11.8 Å². The maximum atomic E-state index is 11.1. The molecule has 1 aliphatic heterocycles. The zero-order chi connectivity index (χ0) is 10.5. The van der Waals surface area contributed by atoms with Crippen LogP contribution in [0.2, 0.25) is 0 Å². The molecule has 2 nitrogen and oxygen atoms in total. The van der Waals surface area contributed by atoms with Gasteiger partial charge in [-0.25, -0.2) is 0 Å². The second-order valence-electron chi connectivity index (χ2n) is 3.23. The maximum Gasteiger partial charge on any atom is 0.165 e. The highest BCUT2D eigenvalue weighted by molar-refractivity contribution is 5.90. The predicted octanol–water partition coefficient (Wildman–Crippen LogP) is 1.91. The summed E-state index contributed by atoms with van der Waals surface area (Å²) in [6.45, 7) is 0. The van der Waals surface area contributed by atoms with E-state index in [0.29, 0.717) is 6.42 Å². The summed E-state index contributed by atoms with van der Waals surface area (Å²) >= 11 is 0. The van der Waals surface area contributed by atoms with Gasteiger partial charge < -0.3 is 4.74 Å². The summed E-state index contributed by atoms with van der Waals surface area (Å²) in [4.78, 5) is 11.1. The number of ether oxygens (including phenoxy) is 1. The quantitative estimate of drug-likeness (QED) is 0.595. The van der Waals surface area contributed by atoms with Gasteiger partial charge in [-0.1, -0.05) is 30.0 Å². The molecule has 0 radical (unpaired) electrons. The van der Waals surface area contributed by atoms with E-state index in [-0.39, 0.29) is 11.9 Å². The predicted molar refractivity (Wildman–Crippen MR) is 57.0 cm³/mol. The molecule has 0 amide bonds. The normalized spacial score (nSPS) is 18.9. The van der Waals surface area contributed by atoms with E-state index in [0.717, 1.165) is 5.56 Å². The molecule has 0 fully saturated rings. The summed E-state index contributed by atoms with van der Waals surface area (Å²) < 4.78 is 5.20. The molecule has 1 unspecified atom stereocenters. The Morgan fingerprint density at radius 2 is 2.07 bits per heavy atom. The Hall–Kier alpha value is -2.01. The van der Waals surface area contributed by atoms with Crippen LogP contribution in [0.1, 0.15) is 12.0 Å². The number of carbonyl (C=O) groups is 1. The molecule has 0 bridgehead atoms. The van der Waals surface area contributed by atoms with Gasteiger partial charge in [-0.15, -0.1) is 0 Å². The first-order valence-electron chi connectivity index (χ1n) is 4.76. The van der Waals surface area contributed by atoms with Crippen LogP contribution in [0, 0.1) is 11.8 Å². The van der Waals surface area contributed by atoms with Crippen molar-refractivity contribution in [1.29, 1.82) is 0 Å². The minimum atomic E-state index is -0.303. The topological polar surface area (TPSA) is 26.3 Å². The smallest absolute Gasteiger partial charge is 0.165 e. The number of hydrogen-bond acceptors (Lipinski definition) is 2. The van der Waals surface area contributed by atoms with Crippen LogP contribution in [0.25, 0.3) is 0 Å². The van der Waals surface area contributed by atoms with E-state index < -0.39 is 0 Å². The van der Waals surface area contributed by atoms with Crippen molar-refractivity contribution in [3.8, 4) is 11.8 Å². The summed E-state index contributed by atoms with van der Waals surface area (Å²) in [5.74, 6) is 5.96. The number of rotatable bonds is 0. The lowest BCUT2D eigenvalue weighted by Gasteiger charge is -2.11. The monoisotopic (exact) mass is 198 g/mol. The Bertz CT molecular complexity index is 435. The van der Waals surface area contributed by atoms with Crippen molar-refractivity contribution in [1.82, 2.24) is 0 Å². The number of carbonyl (C=O) groups excluding carboxylic acids is 1. The molecule has 2 heteroatoms. The molecule has 0 saturated heterocycles. The van der Waals surface area contributed by atoms with E-state index in [9.17, 15) is 4.79 Å². The van der Waals surface area contributed by atoms with E-state index >= 15 is 0 Å². The van der Waals surface area contributed by atoms with Gasteiger partial charge in [-0.3, -0.25) is 4.79 Å². The average Bonchev–Trinajstić information content (AvgIpc) is 2.28. The molecule has 1 aromatic carbocycles. The molecule has 0 saturated carbocycles. The lowest BCUT2D eigenvalue weighted by molar-refractivity contribution is -0.117. The fourth-order valence-corrected chi connectivity index (χ4v) is 1.28. The highest BCUT2D eigenvalue weighted by Gasteiger charge is 2.13. The van der Waals surface area contributed by atoms with Crippen LogP contribution in [0.15, 0.2) is 42.7 Å². The van der Waals surface area contributed by atoms with E-state index in [4.69, 9.17) is 4.74 Å². The minimum absolute atomic E-state index is 0.0635. The number of ketones is 1. The molecule has 2 rings (SSSR count). The highest BCUT2D eigenvalue weighted by Crippen LogP contribution is 2.06. The molecule has 0 N–H and O–H groups in total. The van der Waals surface area contributed by atoms with E-state index in [1.54, 1.807) is 0 Å². The minimum Gasteiger partial charge on any atom is -0.485 e. The molecule has 1 atom stereocenters. The van der Waals surface area contributed by atoms with Gasteiger partial charge >= 0.3 is 0 Å². The summed E-state index contributed by atoms with van der Waals surface area (Å²) in [6, 6.07) is 9.64. The molecule has 74 valence electrons. The summed E-state index contributed by atoms with van der Waals surface area (Å²) in [5.41, 5.74) is 0.933. The Morgan fingerprint density at radius 1 is 1.27 bits per heavy atom. The molecular formula is C13H10O2. The standard InChI is InChI=1S/C13H10O2/c14-12-8-9-15-13(10-12)7-6-11-4-2-1-3-5-11/h1-5,8-9,13H,10H2. The van der Waals surface area contributed by atoms with Gasteiger partial charge in [0.25, 0.3) is 0 Å². The second kappa shape index (κ2) is 4.47. The Labute approximate surface area is 88.6 Å². The molecular weight excluding hydrogens is 188 g/mol. The fraction of sp³-hybridized carbons (Fsp3) is 0.154. The first-order valence-corrected chi connectivity index (χ1v) is 4.76. The SMILES string of the molecule is O=C1C=COC(C#Cc2ccccc2)C1. The second-order valence-corrected chi connectivity index (χ2v) is 3.23. The summed E-state index contributed by atoms with van der Waals surface area (Å²) in [6.07, 6.45) is 2.88. The Kier molecular flexibility index (Phi) is 2.85.